The molecule has 2 aromatic rings. The minimum atomic E-state index is -0.811. The summed E-state index contributed by atoms with van der Waals surface area (Å²) in [5.74, 6) is -0.805. The van der Waals surface area contributed by atoms with Crippen LogP contribution in [0.25, 0.3) is 0 Å². The molecule has 0 aliphatic heterocycles. The van der Waals surface area contributed by atoms with Gasteiger partial charge < -0.3 is 14.8 Å². The molecule has 29 heavy (non-hydrogen) atoms. The summed E-state index contributed by atoms with van der Waals surface area (Å²) in [4.78, 5) is 23.4. The van der Waals surface area contributed by atoms with Crippen LogP contribution in [0.5, 0.6) is 5.75 Å². The number of carbonyl (C=O) groups is 2. The molecule has 0 bridgehead atoms. The molecule has 0 saturated heterocycles. The number of amides is 2. The third-order valence-electron chi connectivity index (χ3n) is 3.77. The van der Waals surface area contributed by atoms with E-state index in [9.17, 15) is 9.59 Å². The molecule has 7 nitrogen and oxygen atoms in total. The van der Waals surface area contributed by atoms with Gasteiger partial charge in [0.2, 0.25) is 0 Å². The Bertz CT molecular complexity index is 789. The first-order valence-electron chi connectivity index (χ1n) is 9.54. The largest absolute Gasteiger partial charge is 0.489 e. The van der Waals surface area contributed by atoms with E-state index in [1.807, 2.05) is 68.4 Å². The maximum Gasteiger partial charge on any atom is 0.329 e. The molecule has 0 atom stereocenters. The summed E-state index contributed by atoms with van der Waals surface area (Å²) in [6.45, 7) is 5.27. The normalized spacial score (nSPS) is 10.9. The zero-order valence-electron chi connectivity index (χ0n) is 16.8. The van der Waals surface area contributed by atoms with Crippen molar-refractivity contribution in [2.45, 2.75) is 33.0 Å². The van der Waals surface area contributed by atoms with Gasteiger partial charge in [-0.25, -0.2) is 5.43 Å². The number of hydrazone groups is 1. The Kier molecular flexibility index (Phi) is 9.38. The molecule has 0 aliphatic rings. The SMILES string of the molecule is CC(C)OCCCNC(=O)C(=O)N/N=C\c1ccc(OCc2ccccc2)cc1. The number of hydrogen-bond acceptors (Lipinski definition) is 5. The summed E-state index contributed by atoms with van der Waals surface area (Å²) in [5.41, 5.74) is 4.06. The second kappa shape index (κ2) is 12.3. The van der Waals surface area contributed by atoms with Gasteiger partial charge in [0, 0.05) is 13.2 Å². The molecule has 0 spiro atoms. The molecule has 0 saturated carbocycles. The van der Waals surface area contributed by atoms with Gasteiger partial charge in [-0.3, -0.25) is 9.59 Å². The van der Waals surface area contributed by atoms with Gasteiger partial charge in [0.1, 0.15) is 12.4 Å². The quantitative estimate of drug-likeness (QED) is 0.279. The second-order valence-corrected chi connectivity index (χ2v) is 6.57. The number of hydrogen-bond donors (Lipinski definition) is 2. The first-order valence-corrected chi connectivity index (χ1v) is 9.54. The number of rotatable bonds is 10. The molecule has 0 aromatic heterocycles. The molecule has 2 aromatic carbocycles. The number of nitrogens with one attached hydrogen (secondary N) is 2. The van der Waals surface area contributed by atoms with Crippen molar-refractivity contribution in [3.63, 3.8) is 0 Å². The molecule has 0 fully saturated rings. The number of benzene rings is 2. The van der Waals surface area contributed by atoms with Crippen LogP contribution < -0.4 is 15.5 Å². The Morgan fingerprint density at radius 3 is 2.45 bits per heavy atom. The first-order chi connectivity index (χ1) is 14.0. The van der Waals surface area contributed by atoms with Gasteiger partial charge >= 0.3 is 11.8 Å². The van der Waals surface area contributed by atoms with Gasteiger partial charge in [0.15, 0.2) is 0 Å². The zero-order chi connectivity index (χ0) is 20.9. The Labute approximate surface area is 171 Å². The van der Waals surface area contributed by atoms with E-state index in [-0.39, 0.29) is 6.10 Å². The van der Waals surface area contributed by atoms with E-state index in [0.29, 0.717) is 26.2 Å². The molecule has 2 amide bonds. The highest BCUT2D eigenvalue weighted by atomic mass is 16.5. The van der Waals surface area contributed by atoms with Crippen molar-refractivity contribution in [3.05, 3.63) is 65.7 Å². The first kappa shape index (κ1) is 22.1. The molecule has 0 heterocycles. The van der Waals surface area contributed by atoms with Gasteiger partial charge in [0.25, 0.3) is 0 Å². The van der Waals surface area contributed by atoms with Crippen molar-refractivity contribution in [2.24, 2.45) is 5.10 Å². The van der Waals surface area contributed by atoms with Gasteiger partial charge in [-0.2, -0.15) is 5.10 Å². The third-order valence-corrected chi connectivity index (χ3v) is 3.77. The second-order valence-electron chi connectivity index (χ2n) is 6.57. The predicted octanol–water partition coefficient (Wildman–Crippen LogP) is 2.65. The van der Waals surface area contributed by atoms with Crippen LogP contribution >= 0.6 is 0 Å². The fraction of sp³-hybridized carbons (Fsp3) is 0.318. The maximum atomic E-state index is 11.7. The fourth-order valence-corrected chi connectivity index (χ4v) is 2.28. The predicted molar refractivity (Wildman–Crippen MR) is 112 cm³/mol. The number of nitrogens with zero attached hydrogens (tertiary/aromatic N) is 1. The van der Waals surface area contributed by atoms with E-state index in [4.69, 9.17) is 9.47 Å². The summed E-state index contributed by atoms with van der Waals surface area (Å²) in [7, 11) is 0. The molecular formula is C22H27N3O4. The smallest absolute Gasteiger partial charge is 0.329 e. The number of ether oxygens (including phenoxy) is 2. The summed E-state index contributed by atoms with van der Waals surface area (Å²) < 4.78 is 11.1. The average Bonchev–Trinajstić information content (AvgIpc) is 2.73. The van der Waals surface area contributed by atoms with E-state index in [2.05, 4.69) is 15.8 Å². The Morgan fingerprint density at radius 2 is 1.76 bits per heavy atom. The maximum absolute atomic E-state index is 11.7. The van der Waals surface area contributed by atoms with Crippen LogP contribution in [-0.2, 0) is 20.9 Å². The lowest BCUT2D eigenvalue weighted by atomic mass is 10.2. The van der Waals surface area contributed by atoms with Gasteiger partial charge in [-0.15, -0.1) is 0 Å². The standard InChI is InChI=1S/C22H27N3O4/c1-17(2)28-14-6-13-23-21(26)22(27)25-24-15-18-9-11-20(12-10-18)29-16-19-7-4-3-5-8-19/h3-5,7-12,15,17H,6,13-14,16H2,1-2H3,(H,23,26)(H,25,27)/b24-15-. The summed E-state index contributed by atoms with van der Waals surface area (Å²) in [6.07, 6.45) is 2.25. The van der Waals surface area contributed by atoms with E-state index in [0.717, 1.165) is 16.9 Å². The third kappa shape index (κ3) is 9.03. The topological polar surface area (TPSA) is 89.0 Å². The average molecular weight is 397 g/mol. The minimum Gasteiger partial charge on any atom is -0.489 e. The van der Waals surface area contributed by atoms with Crippen LogP contribution in [0, 0.1) is 0 Å². The van der Waals surface area contributed by atoms with Gasteiger partial charge in [-0.1, -0.05) is 30.3 Å². The van der Waals surface area contributed by atoms with E-state index in [1.54, 1.807) is 0 Å². The van der Waals surface area contributed by atoms with Crippen molar-refractivity contribution < 1.29 is 19.1 Å². The summed E-state index contributed by atoms with van der Waals surface area (Å²) in [5, 5.41) is 6.32. The van der Waals surface area contributed by atoms with E-state index < -0.39 is 11.8 Å². The molecule has 0 aliphatic carbocycles. The minimum absolute atomic E-state index is 0.146. The molecule has 0 unspecified atom stereocenters. The molecule has 154 valence electrons. The van der Waals surface area contributed by atoms with Crippen LogP contribution in [0.2, 0.25) is 0 Å². The van der Waals surface area contributed by atoms with Crippen LogP contribution in [-0.4, -0.2) is 37.3 Å². The molecular weight excluding hydrogens is 370 g/mol. The lowest BCUT2D eigenvalue weighted by Gasteiger charge is -2.07. The number of carbonyl (C=O) groups excluding carboxylic acids is 2. The van der Waals surface area contributed by atoms with Crippen molar-refractivity contribution >= 4 is 18.0 Å². The van der Waals surface area contributed by atoms with Crippen molar-refractivity contribution in [1.82, 2.24) is 10.7 Å². The Morgan fingerprint density at radius 1 is 1.03 bits per heavy atom. The highest BCUT2D eigenvalue weighted by Gasteiger charge is 2.11. The summed E-state index contributed by atoms with van der Waals surface area (Å²) in [6, 6.07) is 17.1. The fourth-order valence-electron chi connectivity index (χ4n) is 2.28. The Hall–Kier alpha value is -3.19. The van der Waals surface area contributed by atoms with Crippen molar-refractivity contribution in [3.8, 4) is 5.75 Å². The van der Waals surface area contributed by atoms with Crippen molar-refractivity contribution in [1.29, 1.82) is 0 Å². The summed E-state index contributed by atoms with van der Waals surface area (Å²) >= 11 is 0. The highest BCUT2D eigenvalue weighted by Crippen LogP contribution is 2.13. The monoisotopic (exact) mass is 397 g/mol. The molecule has 0 radical (unpaired) electrons. The zero-order valence-corrected chi connectivity index (χ0v) is 16.8. The lowest BCUT2D eigenvalue weighted by Crippen LogP contribution is -2.38. The van der Waals surface area contributed by atoms with Crippen LogP contribution in [0.4, 0.5) is 0 Å². The Balaban J connectivity index is 1.68. The molecule has 2 rings (SSSR count). The van der Waals surface area contributed by atoms with Crippen LogP contribution in [0.1, 0.15) is 31.4 Å². The van der Waals surface area contributed by atoms with E-state index in [1.165, 1.54) is 6.21 Å². The van der Waals surface area contributed by atoms with Gasteiger partial charge in [-0.05, 0) is 55.7 Å². The van der Waals surface area contributed by atoms with Crippen LogP contribution in [0.3, 0.4) is 0 Å². The molecule has 7 heteroatoms. The lowest BCUT2D eigenvalue weighted by molar-refractivity contribution is -0.139. The van der Waals surface area contributed by atoms with Crippen molar-refractivity contribution in [2.75, 3.05) is 13.2 Å². The van der Waals surface area contributed by atoms with Crippen LogP contribution in [0.15, 0.2) is 59.7 Å². The molecule has 2 N–H and O–H groups in total. The van der Waals surface area contributed by atoms with E-state index >= 15 is 0 Å². The highest BCUT2D eigenvalue weighted by molar-refractivity contribution is 6.35. The van der Waals surface area contributed by atoms with Gasteiger partial charge in [0.05, 0.1) is 12.3 Å².